The van der Waals surface area contributed by atoms with Crippen molar-refractivity contribution < 1.29 is 22.3 Å². The van der Waals surface area contributed by atoms with Crippen molar-refractivity contribution in [2.24, 2.45) is 0 Å². The third-order valence-corrected chi connectivity index (χ3v) is 6.12. The van der Waals surface area contributed by atoms with E-state index in [1.807, 2.05) is 0 Å². The molecule has 4 aromatic rings. The van der Waals surface area contributed by atoms with Crippen LogP contribution in [-0.2, 0) is 10.0 Å². The Hall–Kier alpha value is -4.25. The number of anilines is 2. The van der Waals surface area contributed by atoms with Crippen molar-refractivity contribution in [1.82, 2.24) is 10.2 Å². The summed E-state index contributed by atoms with van der Waals surface area (Å²) in [6.45, 7) is 0. The molecule has 33 heavy (non-hydrogen) atoms. The van der Waals surface area contributed by atoms with E-state index < -0.39 is 27.3 Å². The lowest BCUT2D eigenvalue weighted by Crippen LogP contribution is -2.19. The number of rotatable bonds is 6. The first-order chi connectivity index (χ1) is 15.8. The molecule has 3 N–H and O–H groups in total. The number of aromatic nitrogens is 2. The van der Waals surface area contributed by atoms with E-state index in [0.29, 0.717) is 10.8 Å². The molecular weight excluding hydrogens is 451 g/mol. The number of benzene rings is 3. The molecule has 0 aliphatic carbocycles. The second-order valence-electron chi connectivity index (χ2n) is 6.88. The highest BCUT2D eigenvalue weighted by Crippen LogP contribution is 2.30. The van der Waals surface area contributed by atoms with Crippen LogP contribution in [0, 0.1) is 5.82 Å². The van der Waals surface area contributed by atoms with Gasteiger partial charge in [-0.3, -0.25) is 14.3 Å². The summed E-state index contributed by atoms with van der Waals surface area (Å²) >= 11 is 0. The van der Waals surface area contributed by atoms with Crippen LogP contribution in [-0.4, -0.2) is 31.6 Å². The van der Waals surface area contributed by atoms with E-state index in [1.54, 1.807) is 24.3 Å². The molecule has 0 unspecified atom stereocenters. The molecule has 1 heterocycles. The molecule has 0 bridgehead atoms. The molecule has 0 radical (unpaired) electrons. The number of methoxy groups -OCH3 is 1. The Labute approximate surface area is 187 Å². The number of carbonyl (C=O) groups is 1. The van der Waals surface area contributed by atoms with Crippen LogP contribution in [0.2, 0.25) is 0 Å². The standard InChI is InChI=1S/C22H17FN4O5S/c1-32-19-11-8-14(12-18(19)27-33(30,31)15-9-6-13(23)7-10-15)24-22(29)20-16-4-2-3-5-17(16)21(28)26-25-20/h2-12,27H,1H3,(H,24,29)(H,26,28). The van der Waals surface area contributed by atoms with Crippen molar-refractivity contribution in [3.63, 3.8) is 0 Å². The summed E-state index contributed by atoms with van der Waals surface area (Å²) < 4.78 is 46.1. The first-order valence-electron chi connectivity index (χ1n) is 9.54. The zero-order valence-electron chi connectivity index (χ0n) is 17.1. The Morgan fingerprint density at radius 1 is 1.03 bits per heavy atom. The maximum Gasteiger partial charge on any atom is 0.276 e. The zero-order valence-corrected chi connectivity index (χ0v) is 17.9. The SMILES string of the molecule is COc1ccc(NC(=O)c2n[nH]c(=O)c3ccccc23)cc1NS(=O)(=O)c1ccc(F)cc1. The highest BCUT2D eigenvalue weighted by Gasteiger charge is 2.19. The molecule has 0 saturated carbocycles. The average molecular weight is 468 g/mol. The fourth-order valence-corrected chi connectivity index (χ4v) is 4.22. The van der Waals surface area contributed by atoms with Crippen molar-refractivity contribution >= 4 is 38.1 Å². The van der Waals surface area contributed by atoms with Gasteiger partial charge in [0.15, 0.2) is 5.69 Å². The highest BCUT2D eigenvalue weighted by atomic mass is 32.2. The van der Waals surface area contributed by atoms with Crippen LogP contribution >= 0.6 is 0 Å². The molecule has 1 amide bonds. The molecule has 0 saturated heterocycles. The van der Waals surface area contributed by atoms with E-state index in [9.17, 15) is 22.4 Å². The molecule has 0 aliphatic heterocycles. The molecule has 0 aliphatic rings. The van der Waals surface area contributed by atoms with Crippen LogP contribution in [0.15, 0.2) is 76.4 Å². The lowest BCUT2D eigenvalue weighted by molar-refractivity contribution is 0.102. The van der Waals surface area contributed by atoms with E-state index in [4.69, 9.17) is 4.74 Å². The first kappa shape index (κ1) is 22.0. The Bertz CT molecular complexity index is 1520. The van der Waals surface area contributed by atoms with Gasteiger partial charge in [-0.1, -0.05) is 18.2 Å². The molecule has 168 valence electrons. The van der Waals surface area contributed by atoms with Crippen LogP contribution in [0.25, 0.3) is 10.8 Å². The zero-order chi connectivity index (χ0) is 23.6. The van der Waals surface area contributed by atoms with Crippen LogP contribution in [0.1, 0.15) is 10.5 Å². The third kappa shape index (κ3) is 4.53. The molecule has 3 aromatic carbocycles. The van der Waals surface area contributed by atoms with Gasteiger partial charge in [-0.2, -0.15) is 5.10 Å². The summed E-state index contributed by atoms with van der Waals surface area (Å²) in [6.07, 6.45) is 0. The molecule has 0 spiro atoms. The maximum absolute atomic E-state index is 13.2. The van der Waals surface area contributed by atoms with E-state index in [0.717, 1.165) is 24.3 Å². The Kier molecular flexibility index (Phi) is 5.80. The van der Waals surface area contributed by atoms with E-state index in [1.165, 1.54) is 25.3 Å². The molecular formula is C22H17FN4O5S. The normalized spacial score (nSPS) is 11.2. The topological polar surface area (TPSA) is 130 Å². The van der Waals surface area contributed by atoms with Crippen LogP contribution in [0.5, 0.6) is 5.75 Å². The van der Waals surface area contributed by atoms with Gasteiger partial charge >= 0.3 is 0 Å². The summed E-state index contributed by atoms with van der Waals surface area (Å²) in [7, 11) is -2.69. The highest BCUT2D eigenvalue weighted by molar-refractivity contribution is 7.92. The van der Waals surface area contributed by atoms with Gasteiger partial charge in [0.25, 0.3) is 21.5 Å². The van der Waals surface area contributed by atoms with Crippen LogP contribution in [0.3, 0.4) is 0 Å². The monoisotopic (exact) mass is 468 g/mol. The van der Waals surface area contributed by atoms with Gasteiger partial charge in [0.2, 0.25) is 0 Å². The largest absolute Gasteiger partial charge is 0.495 e. The number of aromatic amines is 1. The number of halogens is 1. The lowest BCUT2D eigenvalue weighted by Gasteiger charge is -2.14. The van der Waals surface area contributed by atoms with Gasteiger partial charge in [0.05, 0.1) is 23.1 Å². The number of carbonyl (C=O) groups excluding carboxylic acids is 1. The number of nitrogens with one attached hydrogen (secondary N) is 3. The molecule has 1 aromatic heterocycles. The molecule has 0 fully saturated rings. The van der Waals surface area contributed by atoms with Crippen molar-refractivity contribution in [1.29, 1.82) is 0 Å². The minimum atomic E-state index is -4.06. The number of hydrogen-bond acceptors (Lipinski definition) is 6. The number of H-pyrrole nitrogens is 1. The predicted molar refractivity (Wildman–Crippen MR) is 121 cm³/mol. The molecule has 4 rings (SSSR count). The van der Waals surface area contributed by atoms with Crippen molar-refractivity contribution in [2.45, 2.75) is 4.90 Å². The number of fused-ring (bicyclic) bond motifs is 1. The summed E-state index contributed by atoms with van der Waals surface area (Å²) in [5.74, 6) is -0.981. The first-order valence-corrected chi connectivity index (χ1v) is 11.0. The summed E-state index contributed by atoms with van der Waals surface area (Å²) in [5.41, 5.74) is -0.132. The third-order valence-electron chi connectivity index (χ3n) is 4.74. The predicted octanol–water partition coefficient (Wildman–Crippen LogP) is 3.12. The Balaban J connectivity index is 1.65. The summed E-state index contributed by atoms with van der Waals surface area (Å²) in [6, 6.07) is 15.2. The number of hydrogen-bond donors (Lipinski definition) is 3. The number of ether oxygens (including phenoxy) is 1. The van der Waals surface area contributed by atoms with E-state index >= 15 is 0 Å². The van der Waals surface area contributed by atoms with Crippen molar-refractivity contribution in [3.05, 3.63) is 88.6 Å². The molecule has 11 heteroatoms. The second kappa shape index (κ2) is 8.71. The maximum atomic E-state index is 13.2. The quantitative estimate of drug-likeness (QED) is 0.399. The number of sulfonamides is 1. The Morgan fingerprint density at radius 3 is 2.42 bits per heavy atom. The number of amides is 1. The summed E-state index contributed by atoms with van der Waals surface area (Å²) in [4.78, 5) is 24.6. The van der Waals surface area contributed by atoms with Gasteiger partial charge in [0.1, 0.15) is 11.6 Å². The Morgan fingerprint density at radius 2 is 1.73 bits per heavy atom. The second-order valence-corrected chi connectivity index (χ2v) is 8.56. The van der Waals surface area contributed by atoms with Crippen LogP contribution < -0.4 is 20.3 Å². The minimum absolute atomic E-state index is 0.00513. The van der Waals surface area contributed by atoms with Crippen molar-refractivity contribution in [3.8, 4) is 5.75 Å². The van der Waals surface area contributed by atoms with Gasteiger partial charge in [-0.25, -0.2) is 17.9 Å². The minimum Gasteiger partial charge on any atom is -0.495 e. The van der Waals surface area contributed by atoms with Crippen molar-refractivity contribution in [2.75, 3.05) is 17.1 Å². The lowest BCUT2D eigenvalue weighted by atomic mass is 10.1. The van der Waals surface area contributed by atoms with E-state index in [-0.39, 0.29) is 27.7 Å². The fourth-order valence-electron chi connectivity index (χ4n) is 3.16. The average Bonchev–Trinajstić information content (AvgIpc) is 2.80. The molecule has 0 atom stereocenters. The van der Waals surface area contributed by atoms with Gasteiger partial charge < -0.3 is 10.1 Å². The number of nitrogens with zero attached hydrogens (tertiary/aromatic N) is 1. The van der Waals surface area contributed by atoms with Gasteiger partial charge in [0, 0.05) is 11.1 Å². The fraction of sp³-hybridized carbons (Fsp3) is 0.0455. The summed E-state index contributed by atoms with van der Waals surface area (Å²) in [5, 5.41) is 9.44. The van der Waals surface area contributed by atoms with Gasteiger partial charge in [-0.15, -0.1) is 0 Å². The van der Waals surface area contributed by atoms with Crippen LogP contribution in [0.4, 0.5) is 15.8 Å². The van der Waals surface area contributed by atoms with Gasteiger partial charge in [-0.05, 0) is 48.5 Å². The smallest absolute Gasteiger partial charge is 0.276 e. The van der Waals surface area contributed by atoms with E-state index in [2.05, 4.69) is 20.2 Å². The molecule has 9 nitrogen and oxygen atoms in total.